The lowest BCUT2D eigenvalue weighted by Crippen LogP contribution is -2.13. The van der Waals surface area contributed by atoms with E-state index in [0.29, 0.717) is 0 Å². The molecule has 0 aliphatic heterocycles. The molecule has 6 nitrogen and oxygen atoms in total. The Morgan fingerprint density at radius 1 is 1.00 bits per heavy atom. The molecule has 0 unspecified atom stereocenters. The minimum atomic E-state index is -3.96. The first-order valence-electron chi connectivity index (χ1n) is 5.87. The SMILES string of the molecule is O=S(=O)(Nc1ccc(C(O)O)c(O)c1)c1cc(Cl)cc(Cl)c1. The van der Waals surface area contributed by atoms with Gasteiger partial charge < -0.3 is 15.3 Å². The van der Waals surface area contributed by atoms with Gasteiger partial charge in [-0.25, -0.2) is 8.42 Å². The van der Waals surface area contributed by atoms with Crippen LogP contribution in [0.25, 0.3) is 0 Å². The van der Waals surface area contributed by atoms with Gasteiger partial charge in [0.2, 0.25) is 0 Å². The van der Waals surface area contributed by atoms with E-state index in [9.17, 15) is 13.5 Å². The molecule has 2 aromatic rings. The van der Waals surface area contributed by atoms with E-state index in [-0.39, 0.29) is 26.2 Å². The monoisotopic (exact) mass is 363 g/mol. The number of phenolic OH excluding ortho intramolecular Hbond substituents is 1. The molecule has 2 rings (SSSR count). The first-order chi connectivity index (χ1) is 10.2. The molecule has 0 aliphatic rings. The van der Waals surface area contributed by atoms with Crippen LogP contribution >= 0.6 is 23.2 Å². The lowest BCUT2D eigenvalue weighted by molar-refractivity contribution is -0.0438. The Kier molecular flexibility index (Phi) is 4.84. The van der Waals surface area contributed by atoms with Crippen molar-refractivity contribution >= 4 is 38.9 Å². The third kappa shape index (κ3) is 3.82. The molecular formula is C13H11Cl2NO5S. The normalized spacial score (nSPS) is 11.7. The van der Waals surface area contributed by atoms with Crippen LogP contribution in [0.1, 0.15) is 11.9 Å². The van der Waals surface area contributed by atoms with E-state index in [0.717, 1.165) is 6.07 Å². The summed E-state index contributed by atoms with van der Waals surface area (Å²) >= 11 is 11.5. The van der Waals surface area contributed by atoms with Gasteiger partial charge in [0.25, 0.3) is 10.0 Å². The minimum absolute atomic E-state index is 0.0398. The number of benzene rings is 2. The molecule has 0 atom stereocenters. The molecule has 0 amide bonds. The summed E-state index contributed by atoms with van der Waals surface area (Å²) in [5, 5.41) is 27.9. The molecule has 0 aliphatic carbocycles. The van der Waals surface area contributed by atoms with Gasteiger partial charge in [0.1, 0.15) is 5.75 Å². The standard InChI is InChI=1S/C13H11Cl2NO5S/c14-7-3-8(15)5-10(4-7)22(20,21)16-9-1-2-11(13(18)19)12(17)6-9/h1-6,13,16-19H. The Bertz CT molecular complexity index is 788. The van der Waals surface area contributed by atoms with Crippen molar-refractivity contribution in [1.82, 2.24) is 0 Å². The van der Waals surface area contributed by atoms with Crippen molar-refractivity contribution in [2.24, 2.45) is 0 Å². The minimum Gasteiger partial charge on any atom is -0.507 e. The number of rotatable bonds is 4. The van der Waals surface area contributed by atoms with Crippen LogP contribution in [0.15, 0.2) is 41.3 Å². The Balaban J connectivity index is 2.34. The summed E-state index contributed by atoms with van der Waals surface area (Å²) in [5.74, 6) is -0.459. The molecule has 0 spiro atoms. The molecule has 0 heterocycles. The van der Waals surface area contributed by atoms with Gasteiger partial charge in [-0.1, -0.05) is 23.2 Å². The Labute approximate surface area is 136 Å². The second-order valence-electron chi connectivity index (χ2n) is 4.36. The largest absolute Gasteiger partial charge is 0.507 e. The summed E-state index contributed by atoms with van der Waals surface area (Å²) in [5.41, 5.74) is -0.105. The molecule has 0 aromatic heterocycles. The van der Waals surface area contributed by atoms with Crippen molar-refractivity contribution in [3.63, 3.8) is 0 Å². The lowest BCUT2D eigenvalue weighted by Gasteiger charge is -2.11. The highest BCUT2D eigenvalue weighted by Gasteiger charge is 2.17. The number of nitrogens with one attached hydrogen (secondary N) is 1. The number of phenols is 1. The number of halogens is 2. The third-order valence-corrected chi connectivity index (χ3v) is 4.50. The maximum absolute atomic E-state index is 12.2. The highest BCUT2D eigenvalue weighted by Crippen LogP contribution is 2.28. The average Bonchev–Trinajstić information content (AvgIpc) is 2.36. The lowest BCUT2D eigenvalue weighted by atomic mass is 10.2. The predicted molar refractivity (Wildman–Crippen MR) is 82.6 cm³/mol. The zero-order chi connectivity index (χ0) is 16.5. The van der Waals surface area contributed by atoms with Gasteiger partial charge >= 0.3 is 0 Å². The van der Waals surface area contributed by atoms with E-state index in [4.69, 9.17) is 33.4 Å². The maximum atomic E-state index is 12.2. The second kappa shape index (κ2) is 6.31. The molecule has 0 bridgehead atoms. The van der Waals surface area contributed by atoms with Gasteiger partial charge in [-0.2, -0.15) is 0 Å². The van der Waals surface area contributed by atoms with E-state index in [1.165, 1.54) is 30.3 Å². The Morgan fingerprint density at radius 2 is 1.59 bits per heavy atom. The number of anilines is 1. The summed E-state index contributed by atoms with van der Waals surface area (Å²) in [6.45, 7) is 0. The van der Waals surface area contributed by atoms with Gasteiger partial charge in [-0.05, 0) is 30.3 Å². The Morgan fingerprint density at radius 3 is 2.09 bits per heavy atom. The van der Waals surface area contributed by atoms with E-state index < -0.39 is 22.1 Å². The molecule has 0 fully saturated rings. The van der Waals surface area contributed by atoms with Gasteiger partial charge in [0, 0.05) is 21.7 Å². The summed E-state index contributed by atoms with van der Waals surface area (Å²) in [4.78, 5) is -0.143. The van der Waals surface area contributed by atoms with Crippen LogP contribution in [0, 0.1) is 0 Å². The molecule has 4 N–H and O–H groups in total. The number of aliphatic hydroxyl groups excluding tert-OH is 1. The number of hydrogen-bond donors (Lipinski definition) is 4. The molecular weight excluding hydrogens is 353 g/mol. The van der Waals surface area contributed by atoms with Crippen LogP contribution in [0.3, 0.4) is 0 Å². The van der Waals surface area contributed by atoms with E-state index in [2.05, 4.69) is 4.72 Å². The molecule has 118 valence electrons. The molecule has 2 aromatic carbocycles. The second-order valence-corrected chi connectivity index (χ2v) is 6.91. The van der Waals surface area contributed by atoms with Crippen molar-refractivity contribution in [2.45, 2.75) is 11.2 Å². The maximum Gasteiger partial charge on any atom is 0.261 e. The van der Waals surface area contributed by atoms with Crippen LogP contribution < -0.4 is 4.72 Å². The van der Waals surface area contributed by atoms with Crippen molar-refractivity contribution in [3.8, 4) is 5.75 Å². The van der Waals surface area contributed by atoms with Crippen molar-refractivity contribution in [2.75, 3.05) is 4.72 Å². The van der Waals surface area contributed by atoms with Crippen LogP contribution in [-0.2, 0) is 10.0 Å². The van der Waals surface area contributed by atoms with Gasteiger partial charge in [0.15, 0.2) is 6.29 Å². The first kappa shape index (κ1) is 16.9. The number of hydrogen-bond acceptors (Lipinski definition) is 5. The summed E-state index contributed by atoms with van der Waals surface area (Å²) < 4.78 is 26.7. The van der Waals surface area contributed by atoms with Gasteiger partial charge in [-0.3, -0.25) is 4.72 Å². The summed E-state index contributed by atoms with van der Waals surface area (Å²) in [7, 11) is -3.96. The highest BCUT2D eigenvalue weighted by atomic mass is 35.5. The fourth-order valence-corrected chi connectivity index (χ4v) is 3.50. The predicted octanol–water partition coefficient (Wildman–Crippen LogP) is 2.48. The molecule has 0 saturated heterocycles. The van der Waals surface area contributed by atoms with E-state index >= 15 is 0 Å². The van der Waals surface area contributed by atoms with Crippen LogP contribution in [-0.4, -0.2) is 23.7 Å². The average molecular weight is 364 g/mol. The molecule has 0 saturated carbocycles. The molecule has 9 heteroatoms. The van der Waals surface area contributed by atoms with Crippen molar-refractivity contribution < 1.29 is 23.7 Å². The zero-order valence-corrected chi connectivity index (χ0v) is 13.2. The van der Waals surface area contributed by atoms with Crippen LogP contribution in [0.5, 0.6) is 5.75 Å². The fourth-order valence-electron chi connectivity index (χ4n) is 1.72. The van der Waals surface area contributed by atoms with Crippen molar-refractivity contribution in [3.05, 3.63) is 52.0 Å². The van der Waals surface area contributed by atoms with E-state index in [1.807, 2.05) is 0 Å². The van der Waals surface area contributed by atoms with Gasteiger partial charge in [0.05, 0.1) is 10.6 Å². The van der Waals surface area contributed by atoms with E-state index in [1.54, 1.807) is 0 Å². The topological polar surface area (TPSA) is 107 Å². The number of aliphatic hydroxyl groups is 2. The fraction of sp³-hybridized carbons (Fsp3) is 0.0769. The first-order valence-corrected chi connectivity index (χ1v) is 8.11. The van der Waals surface area contributed by atoms with Crippen LogP contribution in [0.4, 0.5) is 5.69 Å². The molecule has 0 radical (unpaired) electrons. The third-order valence-electron chi connectivity index (χ3n) is 2.71. The number of sulfonamides is 1. The highest BCUT2D eigenvalue weighted by molar-refractivity contribution is 7.92. The van der Waals surface area contributed by atoms with Gasteiger partial charge in [-0.15, -0.1) is 0 Å². The quantitative estimate of drug-likeness (QED) is 0.624. The van der Waals surface area contributed by atoms with Crippen LogP contribution in [0.2, 0.25) is 10.0 Å². The molecule has 22 heavy (non-hydrogen) atoms. The zero-order valence-electron chi connectivity index (χ0n) is 10.9. The number of aromatic hydroxyl groups is 1. The Hall–Kier alpha value is -1.51. The van der Waals surface area contributed by atoms with Crippen molar-refractivity contribution in [1.29, 1.82) is 0 Å². The summed E-state index contributed by atoms with van der Waals surface area (Å²) in [6, 6.07) is 7.35. The summed E-state index contributed by atoms with van der Waals surface area (Å²) in [6.07, 6.45) is -1.86. The smallest absolute Gasteiger partial charge is 0.261 e.